The molecule has 3 heterocycles. The van der Waals surface area contributed by atoms with Crippen LogP contribution in [-0.2, 0) is 0 Å². The molecule has 1 aromatic carbocycles. The van der Waals surface area contributed by atoms with Gasteiger partial charge in [0.05, 0.1) is 11.0 Å². The zero-order valence-corrected chi connectivity index (χ0v) is 12.0. The first-order valence-corrected chi connectivity index (χ1v) is 6.82. The van der Waals surface area contributed by atoms with Gasteiger partial charge in [-0.15, -0.1) is 0 Å². The van der Waals surface area contributed by atoms with E-state index in [-0.39, 0.29) is 0 Å². The fourth-order valence-corrected chi connectivity index (χ4v) is 1.53. The monoisotopic (exact) mass is 288 g/mol. The van der Waals surface area contributed by atoms with Crippen LogP contribution < -0.4 is 0 Å². The molecular formula is C18H16N4. The van der Waals surface area contributed by atoms with Gasteiger partial charge in [-0.2, -0.15) is 0 Å². The van der Waals surface area contributed by atoms with E-state index in [0.717, 1.165) is 11.0 Å². The molecule has 0 aliphatic rings. The van der Waals surface area contributed by atoms with E-state index < -0.39 is 0 Å². The lowest BCUT2D eigenvalue weighted by atomic mass is 10.3. The summed E-state index contributed by atoms with van der Waals surface area (Å²) in [5.74, 6) is 0. The maximum absolute atomic E-state index is 4.12. The molecule has 0 saturated carbocycles. The van der Waals surface area contributed by atoms with Crippen LogP contribution >= 0.6 is 0 Å². The minimum absolute atomic E-state index is 0.949. The average molecular weight is 288 g/mol. The molecule has 4 rings (SSSR count). The SMILES string of the molecule is c1ccc2nccnc2c1.c1ccncc1.c1ccncc1. The Labute approximate surface area is 129 Å². The quantitative estimate of drug-likeness (QED) is 0.494. The molecule has 0 aliphatic heterocycles. The summed E-state index contributed by atoms with van der Waals surface area (Å²) in [6, 6.07) is 19.2. The molecule has 0 amide bonds. The number of para-hydroxylation sites is 2. The number of nitrogens with zero attached hydrogens (tertiary/aromatic N) is 4. The Morgan fingerprint density at radius 3 is 1.09 bits per heavy atom. The Bertz CT molecular complexity index is 595. The normalized spacial score (nSPS) is 8.91. The summed E-state index contributed by atoms with van der Waals surface area (Å²) in [5.41, 5.74) is 1.90. The minimum atomic E-state index is 0.949. The Balaban J connectivity index is 0.000000128. The number of hydrogen-bond donors (Lipinski definition) is 0. The van der Waals surface area contributed by atoms with Gasteiger partial charge in [-0.25, -0.2) is 0 Å². The predicted octanol–water partition coefficient (Wildman–Crippen LogP) is 3.79. The zero-order chi connectivity index (χ0) is 15.3. The number of benzene rings is 1. The molecule has 4 nitrogen and oxygen atoms in total. The lowest BCUT2D eigenvalue weighted by Crippen LogP contribution is -1.78. The minimum Gasteiger partial charge on any atom is -0.265 e. The molecular weight excluding hydrogens is 272 g/mol. The second-order valence-electron chi connectivity index (χ2n) is 4.09. The molecule has 0 spiro atoms. The van der Waals surface area contributed by atoms with Crippen LogP contribution in [0.1, 0.15) is 0 Å². The van der Waals surface area contributed by atoms with Crippen molar-refractivity contribution in [1.29, 1.82) is 0 Å². The van der Waals surface area contributed by atoms with Gasteiger partial charge in [-0.1, -0.05) is 24.3 Å². The van der Waals surface area contributed by atoms with Gasteiger partial charge < -0.3 is 0 Å². The first kappa shape index (κ1) is 15.3. The highest BCUT2D eigenvalue weighted by Gasteiger charge is 1.88. The van der Waals surface area contributed by atoms with Crippen LogP contribution in [0.25, 0.3) is 11.0 Å². The van der Waals surface area contributed by atoms with Crippen molar-refractivity contribution in [3.05, 3.63) is 97.8 Å². The third-order valence-corrected chi connectivity index (χ3v) is 2.51. The molecule has 0 bridgehead atoms. The summed E-state index contributed by atoms with van der Waals surface area (Å²) in [5, 5.41) is 0. The fourth-order valence-electron chi connectivity index (χ4n) is 1.53. The van der Waals surface area contributed by atoms with Crippen LogP contribution in [0.4, 0.5) is 0 Å². The molecule has 4 aromatic rings. The lowest BCUT2D eigenvalue weighted by Gasteiger charge is -1.90. The topological polar surface area (TPSA) is 51.6 Å². The standard InChI is InChI=1S/C8H6N2.2C5H5N/c1-2-4-8-7(3-1)9-5-6-10-8;2*1-2-4-6-5-3-1/h1-6H;2*1-5H. The predicted molar refractivity (Wildman–Crippen MR) is 88.0 cm³/mol. The number of hydrogen-bond acceptors (Lipinski definition) is 4. The van der Waals surface area contributed by atoms with Gasteiger partial charge in [-0.3, -0.25) is 19.9 Å². The van der Waals surface area contributed by atoms with Crippen LogP contribution in [0.15, 0.2) is 97.8 Å². The third-order valence-electron chi connectivity index (χ3n) is 2.51. The largest absolute Gasteiger partial charge is 0.265 e. The highest BCUT2D eigenvalue weighted by molar-refractivity contribution is 5.72. The Morgan fingerprint density at radius 1 is 0.409 bits per heavy atom. The van der Waals surface area contributed by atoms with Gasteiger partial charge in [0.1, 0.15) is 0 Å². The van der Waals surface area contributed by atoms with E-state index in [1.807, 2.05) is 60.7 Å². The van der Waals surface area contributed by atoms with Gasteiger partial charge >= 0.3 is 0 Å². The van der Waals surface area contributed by atoms with Crippen molar-refractivity contribution in [2.75, 3.05) is 0 Å². The molecule has 0 radical (unpaired) electrons. The smallest absolute Gasteiger partial charge is 0.0886 e. The molecule has 3 aromatic heterocycles. The van der Waals surface area contributed by atoms with Gasteiger partial charge in [0, 0.05) is 37.2 Å². The van der Waals surface area contributed by atoms with Crippen LogP contribution in [0, 0.1) is 0 Å². The molecule has 22 heavy (non-hydrogen) atoms. The number of fused-ring (bicyclic) bond motifs is 1. The Morgan fingerprint density at radius 2 is 0.818 bits per heavy atom. The Hall–Kier alpha value is -3.14. The van der Waals surface area contributed by atoms with Gasteiger partial charge in [0.2, 0.25) is 0 Å². The molecule has 0 fully saturated rings. The van der Waals surface area contributed by atoms with E-state index in [2.05, 4.69) is 19.9 Å². The maximum Gasteiger partial charge on any atom is 0.0886 e. The van der Waals surface area contributed by atoms with Crippen LogP contribution in [-0.4, -0.2) is 19.9 Å². The van der Waals surface area contributed by atoms with E-state index in [1.54, 1.807) is 37.2 Å². The zero-order valence-electron chi connectivity index (χ0n) is 12.0. The molecule has 4 heteroatoms. The summed E-state index contributed by atoms with van der Waals surface area (Å²) >= 11 is 0. The number of pyridine rings is 2. The first-order chi connectivity index (χ1) is 11.0. The van der Waals surface area contributed by atoms with Crippen molar-refractivity contribution in [3.8, 4) is 0 Å². The molecule has 108 valence electrons. The molecule has 0 saturated heterocycles. The third kappa shape index (κ3) is 5.88. The highest BCUT2D eigenvalue weighted by atomic mass is 14.8. The van der Waals surface area contributed by atoms with Crippen molar-refractivity contribution in [2.24, 2.45) is 0 Å². The summed E-state index contributed by atoms with van der Waals surface area (Å²) < 4.78 is 0. The van der Waals surface area contributed by atoms with Gasteiger partial charge in [0.25, 0.3) is 0 Å². The van der Waals surface area contributed by atoms with Crippen LogP contribution in [0.3, 0.4) is 0 Å². The second kappa shape index (κ2) is 9.72. The second-order valence-corrected chi connectivity index (χ2v) is 4.09. The molecule has 0 atom stereocenters. The van der Waals surface area contributed by atoms with Crippen molar-refractivity contribution in [1.82, 2.24) is 19.9 Å². The molecule has 0 unspecified atom stereocenters. The van der Waals surface area contributed by atoms with Crippen molar-refractivity contribution in [2.45, 2.75) is 0 Å². The van der Waals surface area contributed by atoms with Crippen molar-refractivity contribution >= 4 is 11.0 Å². The van der Waals surface area contributed by atoms with Gasteiger partial charge in [0.15, 0.2) is 0 Å². The van der Waals surface area contributed by atoms with Gasteiger partial charge in [-0.05, 0) is 36.4 Å². The molecule has 0 aliphatic carbocycles. The van der Waals surface area contributed by atoms with E-state index in [0.29, 0.717) is 0 Å². The molecule has 0 N–H and O–H groups in total. The number of aromatic nitrogens is 4. The van der Waals surface area contributed by atoms with Crippen LogP contribution in [0.5, 0.6) is 0 Å². The van der Waals surface area contributed by atoms with E-state index in [4.69, 9.17) is 0 Å². The van der Waals surface area contributed by atoms with E-state index in [9.17, 15) is 0 Å². The summed E-state index contributed by atoms with van der Waals surface area (Å²) in [7, 11) is 0. The van der Waals surface area contributed by atoms with Crippen LogP contribution in [0.2, 0.25) is 0 Å². The highest BCUT2D eigenvalue weighted by Crippen LogP contribution is 2.04. The summed E-state index contributed by atoms with van der Waals surface area (Å²) in [6.45, 7) is 0. The number of rotatable bonds is 0. The van der Waals surface area contributed by atoms with Crippen molar-refractivity contribution in [3.63, 3.8) is 0 Å². The van der Waals surface area contributed by atoms with Crippen molar-refractivity contribution < 1.29 is 0 Å². The van der Waals surface area contributed by atoms with E-state index >= 15 is 0 Å². The summed E-state index contributed by atoms with van der Waals surface area (Å²) in [6.07, 6.45) is 10.4. The lowest BCUT2D eigenvalue weighted by molar-refractivity contribution is 1.29. The van der Waals surface area contributed by atoms with E-state index in [1.165, 1.54) is 0 Å². The first-order valence-electron chi connectivity index (χ1n) is 6.82. The Kier molecular flexibility index (Phi) is 6.74. The maximum atomic E-state index is 4.12. The average Bonchev–Trinajstić information content (AvgIpc) is 2.66. The fraction of sp³-hybridized carbons (Fsp3) is 0. The summed E-state index contributed by atoms with van der Waals surface area (Å²) in [4.78, 5) is 15.8.